The van der Waals surface area contributed by atoms with Gasteiger partial charge in [0.05, 0.1) is 12.2 Å². The molecule has 9 nitrogen and oxygen atoms in total. The third-order valence-electron chi connectivity index (χ3n) is 2.83. The Kier molecular flexibility index (Phi) is 10.2. The van der Waals surface area contributed by atoms with E-state index >= 15 is 0 Å². The van der Waals surface area contributed by atoms with Crippen molar-refractivity contribution in [2.24, 2.45) is 5.73 Å². The molecule has 0 aromatic heterocycles. The quantitative estimate of drug-likeness (QED) is 0.518. The maximum atomic E-state index is 11.7. The summed E-state index contributed by atoms with van der Waals surface area (Å²) in [5, 5.41) is 8.90. The summed E-state index contributed by atoms with van der Waals surface area (Å²) in [5.41, 5.74) is 5.97. The van der Waals surface area contributed by atoms with E-state index in [1.54, 1.807) is 27.7 Å². The number of benzene rings is 1. The zero-order valence-electron chi connectivity index (χ0n) is 15.5. The van der Waals surface area contributed by atoms with E-state index in [0.717, 1.165) is 0 Å². The second kappa shape index (κ2) is 11.2. The first-order valence-corrected chi connectivity index (χ1v) is 7.96. The second-order valence-corrected chi connectivity index (χ2v) is 5.97. The van der Waals surface area contributed by atoms with Crippen molar-refractivity contribution in [1.29, 1.82) is 0 Å². The Hall–Kier alpha value is -2.52. The van der Waals surface area contributed by atoms with E-state index < -0.39 is 36.5 Å². The highest BCUT2D eigenvalue weighted by atomic mass is 35.5. The van der Waals surface area contributed by atoms with Crippen LogP contribution in [0.2, 0.25) is 0 Å². The number of carbonyl (C=O) groups is 3. The van der Waals surface area contributed by atoms with Crippen LogP contribution in [0.3, 0.4) is 0 Å². The zero-order chi connectivity index (χ0) is 19.9. The largest absolute Gasteiger partial charge is 0.514 e. The van der Waals surface area contributed by atoms with Gasteiger partial charge in [-0.3, -0.25) is 4.79 Å². The van der Waals surface area contributed by atoms with E-state index in [2.05, 4.69) is 0 Å². The summed E-state index contributed by atoms with van der Waals surface area (Å²) in [6.07, 6.45) is -2.80. The summed E-state index contributed by atoms with van der Waals surface area (Å²) in [5.74, 6) is -1.37. The molecule has 1 aromatic rings. The number of hydrogen-bond acceptors (Lipinski definition) is 8. The smallest absolute Gasteiger partial charge is 0.480 e. The van der Waals surface area contributed by atoms with E-state index in [-0.39, 0.29) is 30.3 Å². The van der Waals surface area contributed by atoms with Gasteiger partial charge in [0.2, 0.25) is 0 Å². The molecule has 0 heterocycles. The maximum Gasteiger partial charge on any atom is 0.514 e. The molecule has 0 spiro atoms. The number of rotatable bonds is 7. The lowest BCUT2D eigenvalue weighted by Gasteiger charge is -2.14. The molecule has 0 unspecified atom stereocenters. The van der Waals surface area contributed by atoms with Crippen LogP contribution in [-0.4, -0.2) is 41.6 Å². The Morgan fingerprint density at radius 2 is 1.44 bits per heavy atom. The summed E-state index contributed by atoms with van der Waals surface area (Å²) in [4.78, 5) is 34.3. The molecule has 1 rings (SSSR count). The van der Waals surface area contributed by atoms with E-state index in [9.17, 15) is 14.4 Å². The molecule has 1 aromatic carbocycles. The van der Waals surface area contributed by atoms with Crippen LogP contribution in [0, 0.1) is 0 Å². The fraction of sp³-hybridized carbons (Fsp3) is 0.471. The fourth-order valence-electron chi connectivity index (χ4n) is 1.80. The first kappa shape index (κ1) is 24.5. The normalized spacial score (nSPS) is 11.4. The monoisotopic (exact) mass is 405 g/mol. The topological polar surface area (TPSA) is 134 Å². The highest BCUT2D eigenvalue weighted by Crippen LogP contribution is 2.30. The highest BCUT2D eigenvalue weighted by molar-refractivity contribution is 5.85. The molecule has 0 aliphatic carbocycles. The standard InChI is InChI=1S/C17H23NO8.ClH/c1-9(2)23-16(21)25-13-6-5-11(7-12(18)15(19)20)8-14(13)26-17(22)24-10(3)4;/h5-6,8-10,12H,7,18H2,1-4H3,(H,19,20);1H/t12-;/m0./s1. The summed E-state index contributed by atoms with van der Waals surface area (Å²) >= 11 is 0. The summed E-state index contributed by atoms with van der Waals surface area (Å²) in [6, 6.07) is 3.07. The molecule has 10 heteroatoms. The van der Waals surface area contributed by atoms with Gasteiger partial charge in [-0.25, -0.2) is 9.59 Å². The van der Waals surface area contributed by atoms with E-state index in [1.807, 2.05) is 0 Å². The van der Waals surface area contributed by atoms with Crippen LogP contribution in [-0.2, 0) is 20.7 Å². The van der Waals surface area contributed by atoms with Crippen LogP contribution >= 0.6 is 12.4 Å². The molecule has 3 N–H and O–H groups in total. The Balaban J connectivity index is 0.00000676. The van der Waals surface area contributed by atoms with Gasteiger partial charge in [-0.15, -0.1) is 12.4 Å². The molecular formula is C17H24ClNO8. The minimum Gasteiger partial charge on any atom is -0.480 e. The van der Waals surface area contributed by atoms with E-state index in [4.69, 9.17) is 29.8 Å². The third-order valence-corrected chi connectivity index (χ3v) is 2.83. The Bertz CT molecular complexity index is 662. The van der Waals surface area contributed by atoms with Crippen molar-refractivity contribution in [3.05, 3.63) is 23.8 Å². The number of aliphatic carboxylic acids is 1. The van der Waals surface area contributed by atoms with Gasteiger partial charge in [-0.05, 0) is 51.8 Å². The van der Waals surface area contributed by atoms with Crippen LogP contribution in [0.5, 0.6) is 11.5 Å². The van der Waals surface area contributed by atoms with Gasteiger partial charge in [0, 0.05) is 0 Å². The number of carbonyl (C=O) groups excluding carboxylic acids is 2. The molecule has 0 aliphatic heterocycles. The SMILES string of the molecule is CC(C)OC(=O)Oc1ccc(C[C@H](N)C(=O)O)cc1OC(=O)OC(C)C.Cl. The first-order valence-electron chi connectivity index (χ1n) is 7.96. The molecule has 0 aliphatic rings. The molecule has 0 amide bonds. The molecule has 0 radical (unpaired) electrons. The average Bonchev–Trinajstić information content (AvgIpc) is 2.47. The molecular weight excluding hydrogens is 382 g/mol. The third kappa shape index (κ3) is 9.11. The lowest BCUT2D eigenvalue weighted by Crippen LogP contribution is -2.32. The Labute approximate surface area is 163 Å². The average molecular weight is 406 g/mol. The zero-order valence-corrected chi connectivity index (χ0v) is 16.3. The van der Waals surface area contributed by atoms with Gasteiger partial charge in [0.1, 0.15) is 6.04 Å². The predicted octanol–water partition coefficient (Wildman–Crippen LogP) is 2.91. The van der Waals surface area contributed by atoms with Gasteiger partial charge in [-0.2, -0.15) is 0 Å². The number of carboxylic acids is 1. The first-order chi connectivity index (χ1) is 12.1. The summed E-state index contributed by atoms with van der Waals surface area (Å²) in [7, 11) is 0. The van der Waals surface area contributed by atoms with Gasteiger partial charge in [-0.1, -0.05) is 6.07 Å². The minimum atomic E-state index is -1.17. The molecule has 27 heavy (non-hydrogen) atoms. The Morgan fingerprint density at radius 3 is 1.89 bits per heavy atom. The van der Waals surface area contributed by atoms with Crippen LogP contribution in [0.25, 0.3) is 0 Å². The highest BCUT2D eigenvalue weighted by Gasteiger charge is 2.19. The number of halogens is 1. The van der Waals surface area contributed by atoms with Crippen LogP contribution in [0.15, 0.2) is 18.2 Å². The fourth-order valence-corrected chi connectivity index (χ4v) is 1.80. The van der Waals surface area contributed by atoms with Crippen LogP contribution in [0.4, 0.5) is 9.59 Å². The molecule has 0 saturated heterocycles. The van der Waals surface area contributed by atoms with Crippen molar-refractivity contribution in [3.63, 3.8) is 0 Å². The van der Waals surface area contributed by atoms with Crippen LogP contribution < -0.4 is 15.2 Å². The van der Waals surface area contributed by atoms with Gasteiger partial charge in [0.15, 0.2) is 11.5 Å². The van der Waals surface area contributed by atoms with Crippen molar-refractivity contribution in [3.8, 4) is 11.5 Å². The van der Waals surface area contributed by atoms with E-state index in [1.165, 1.54) is 18.2 Å². The van der Waals surface area contributed by atoms with Gasteiger partial charge < -0.3 is 29.8 Å². The predicted molar refractivity (Wildman–Crippen MR) is 97.5 cm³/mol. The van der Waals surface area contributed by atoms with Gasteiger partial charge >= 0.3 is 18.3 Å². The minimum absolute atomic E-state index is 0. The van der Waals surface area contributed by atoms with Crippen LogP contribution in [0.1, 0.15) is 33.3 Å². The summed E-state index contributed by atoms with van der Waals surface area (Å²) < 4.78 is 19.9. The van der Waals surface area contributed by atoms with Crippen molar-refractivity contribution in [1.82, 2.24) is 0 Å². The molecule has 1 atom stereocenters. The molecule has 0 fully saturated rings. The molecule has 0 saturated carbocycles. The summed E-state index contributed by atoms with van der Waals surface area (Å²) in [6.45, 7) is 6.58. The number of carboxylic acid groups (broad SMARTS) is 1. The maximum absolute atomic E-state index is 11.7. The number of hydrogen-bond donors (Lipinski definition) is 2. The lowest BCUT2D eigenvalue weighted by atomic mass is 10.1. The van der Waals surface area contributed by atoms with Crippen molar-refractivity contribution in [2.45, 2.75) is 52.4 Å². The van der Waals surface area contributed by atoms with Crippen molar-refractivity contribution < 1.29 is 38.4 Å². The number of ether oxygens (including phenoxy) is 4. The molecule has 0 bridgehead atoms. The Morgan fingerprint density at radius 1 is 0.963 bits per heavy atom. The van der Waals surface area contributed by atoms with E-state index in [0.29, 0.717) is 5.56 Å². The lowest BCUT2D eigenvalue weighted by molar-refractivity contribution is -0.138. The van der Waals surface area contributed by atoms with Crippen molar-refractivity contribution >= 4 is 30.7 Å². The van der Waals surface area contributed by atoms with Gasteiger partial charge in [0.25, 0.3) is 0 Å². The van der Waals surface area contributed by atoms with Crippen molar-refractivity contribution in [2.75, 3.05) is 0 Å². The number of nitrogens with two attached hydrogens (primary N) is 1. The molecule has 152 valence electrons. The second-order valence-electron chi connectivity index (χ2n) is 5.97.